The second-order valence-corrected chi connectivity index (χ2v) is 8.42. The van der Waals surface area contributed by atoms with E-state index in [0.29, 0.717) is 18.7 Å². The summed E-state index contributed by atoms with van der Waals surface area (Å²) in [5.74, 6) is 0.339. The number of hydrogen-bond donors (Lipinski definition) is 3. The van der Waals surface area contributed by atoms with Gasteiger partial charge in [-0.05, 0) is 47.0 Å². The Morgan fingerprint density at radius 2 is 1.86 bits per heavy atom. The van der Waals surface area contributed by atoms with Crippen LogP contribution in [-0.2, 0) is 15.3 Å². The Labute approximate surface area is 130 Å². The Morgan fingerprint density at radius 1 is 1.33 bits per heavy atom. The number of nitrogens with zero attached hydrogens (tertiary/aromatic N) is 1. The summed E-state index contributed by atoms with van der Waals surface area (Å²) in [4.78, 5) is 0. The molecule has 6 nitrogen and oxygen atoms in total. The number of rotatable bonds is 7. The Morgan fingerprint density at radius 3 is 2.33 bits per heavy atom. The van der Waals surface area contributed by atoms with E-state index in [4.69, 9.17) is 0 Å². The molecule has 1 fully saturated rings. The molecule has 0 saturated carbocycles. The summed E-state index contributed by atoms with van der Waals surface area (Å²) < 4.78 is 15.8. The third kappa shape index (κ3) is 5.58. The first-order valence-corrected chi connectivity index (χ1v) is 8.66. The van der Waals surface area contributed by atoms with Gasteiger partial charge in [0.25, 0.3) is 0 Å². The van der Waals surface area contributed by atoms with Gasteiger partial charge in [0.1, 0.15) is 0 Å². The van der Waals surface area contributed by atoms with Gasteiger partial charge in [0.2, 0.25) is 0 Å². The van der Waals surface area contributed by atoms with E-state index >= 15 is 0 Å². The molecule has 0 spiro atoms. The van der Waals surface area contributed by atoms with Crippen LogP contribution in [0, 0.1) is 0 Å². The fraction of sp³-hybridized carbons (Fsp3) is 1.00. The number of hydrogen-bond acceptors (Lipinski definition) is 6. The molecule has 126 valence electrons. The largest absolute Gasteiger partial charge is 0.392 e. The molecule has 0 aromatic heterocycles. The molecular weight excluding hydrogens is 292 g/mol. The lowest BCUT2D eigenvalue weighted by Crippen LogP contribution is -2.62. The first-order chi connectivity index (χ1) is 9.58. The minimum absolute atomic E-state index is 0.237. The van der Waals surface area contributed by atoms with Crippen LogP contribution in [0.2, 0.25) is 0 Å². The zero-order chi connectivity index (χ0) is 16.3. The summed E-state index contributed by atoms with van der Waals surface area (Å²) in [5.41, 5.74) is -0.607. The molecule has 1 saturated heterocycles. The van der Waals surface area contributed by atoms with Crippen LogP contribution in [0.3, 0.4) is 0 Å². The molecule has 0 radical (unpaired) electrons. The average Bonchev–Trinajstić information content (AvgIpc) is 2.39. The molecule has 1 rings (SSSR count). The minimum atomic E-state index is -1.31. The van der Waals surface area contributed by atoms with E-state index in [2.05, 4.69) is 9.50 Å². The van der Waals surface area contributed by atoms with Crippen molar-refractivity contribution >= 4 is 11.1 Å². The maximum Gasteiger partial charge on any atom is 0.155 e. The van der Waals surface area contributed by atoms with Crippen molar-refractivity contribution in [2.75, 3.05) is 19.4 Å². The van der Waals surface area contributed by atoms with Gasteiger partial charge in [-0.3, -0.25) is 4.18 Å². The van der Waals surface area contributed by atoms with Crippen molar-refractivity contribution in [1.82, 2.24) is 10.4 Å². The lowest BCUT2D eigenvalue weighted by molar-refractivity contribution is -0.246. The molecule has 1 heterocycles. The van der Waals surface area contributed by atoms with Crippen LogP contribution in [0.1, 0.15) is 47.0 Å². The van der Waals surface area contributed by atoms with E-state index in [1.807, 2.05) is 27.7 Å². The topological polar surface area (TPSA) is 82.0 Å². The molecule has 21 heavy (non-hydrogen) atoms. The van der Waals surface area contributed by atoms with Crippen LogP contribution < -0.4 is 5.32 Å². The summed E-state index contributed by atoms with van der Waals surface area (Å²) in [7, 11) is 1.40. The van der Waals surface area contributed by atoms with Crippen LogP contribution in [0.25, 0.3) is 0 Å². The summed E-state index contributed by atoms with van der Waals surface area (Å²) in [6.07, 6.45) is 1.52. The molecule has 2 atom stereocenters. The summed E-state index contributed by atoms with van der Waals surface area (Å²) in [5, 5.41) is 25.0. The van der Waals surface area contributed by atoms with Gasteiger partial charge in [-0.15, -0.1) is 0 Å². The maximum absolute atomic E-state index is 11.2. The Balaban J connectivity index is 2.43. The van der Waals surface area contributed by atoms with Crippen molar-refractivity contribution in [3.05, 3.63) is 0 Å². The highest BCUT2D eigenvalue weighted by Gasteiger charge is 2.44. The molecule has 1 aliphatic rings. The zero-order valence-electron chi connectivity index (χ0n) is 13.8. The first-order valence-electron chi connectivity index (χ1n) is 7.42. The number of aliphatic hydroxyl groups excluding tert-OH is 1. The van der Waals surface area contributed by atoms with E-state index in [9.17, 15) is 14.5 Å². The average molecular weight is 322 g/mol. The molecule has 2 unspecified atom stereocenters. The fourth-order valence-corrected chi connectivity index (χ4v) is 3.77. The number of nitrogens with one attached hydrogen (secondary N) is 1. The van der Waals surface area contributed by atoms with Crippen LogP contribution in [0.5, 0.6) is 0 Å². The van der Waals surface area contributed by atoms with Crippen LogP contribution in [0.4, 0.5) is 0 Å². The standard InChI is InChI=1S/C14H30N2O4S/c1-13(2)8-11(9-14(3,4)16(13)18)15-10-12(17)6-7-21(19)20-5/h11-12,15,17-18H,6-10H2,1-5H3. The van der Waals surface area contributed by atoms with Crippen LogP contribution >= 0.6 is 0 Å². The molecule has 1 aliphatic heterocycles. The highest BCUT2D eigenvalue weighted by Crippen LogP contribution is 2.36. The molecule has 0 amide bonds. The smallest absolute Gasteiger partial charge is 0.155 e. The zero-order valence-corrected chi connectivity index (χ0v) is 14.6. The van der Waals surface area contributed by atoms with Crippen molar-refractivity contribution in [3.63, 3.8) is 0 Å². The maximum atomic E-state index is 11.2. The van der Waals surface area contributed by atoms with E-state index in [0.717, 1.165) is 12.8 Å². The van der Waals surface area contributed by atoms with E-state index in [-0.39, 0.29) is 17.1 Å². The minimum Gasteiger partial charge on any atom is -0.392 e. The summed E-state index contributed by atoms with van der Waals surface area (Å²) in [6, 6.07) is 0.237. The Kier molecular flexibility index (Phi) is 6.77. The van der Waals surface area contributed by atoms with Crippen LogP contribution in [-0.4, -0.2) is 62.2 Å². The van der Waals surface area contributed by atoms with Crippen molar-refractivity contribution in [2.24, 2.45) is 0 Å². The van der Waals surface area contributed by atoms with Gasteiger partial charge in [-0.25, -0.2) is 4.21 Å². The predicted molar refractivity (Wildman–Crippen MR) is 83.5 cm³/mol. The molecule has 3 N–H and O–H groups in total. The summed E-state index contributed by atoms with van der Waals surface area (Å²) in [6.45, 7) is 8.52. The van der Waals surface area contributed by atoms with E-state index < -0.39 is 17.2 Å². The van der Waals surface area contributed by atoms with Crippen molar-refractivity contribution in [1.29, 1.82) is 0 Å². The van der Waals surface area contributed by atoms with Gasteiger partial charge in [-0.1, -0.05) is 0 Å². The van der Waals surface area contributed by atoms with E-state index in [1.165, 1.54) is 12.2 Å². The third-order valence-corrected chi connectivity index (χ3v) is 5.03. The normalized spacial score (nSPS) is 25.7. The quantitative estimate of drug-likeness (QED) is 0.650. The number of aliphatic hydroxyl groups is 1. The summed E-state index contributed by atoms with van der Waals surface area (Å²) >= 11 is -1.31. The van der Waals surface area contributed by atoms with Gasteiger partial charge in [0, 0.05) is 23.7 Å². The molecule has 0 aliphatic carbocycles. The monoisotopic (exact) mass is 322 g/mol. The van der Waals surface area contributed by atoms with Gasteiger partial charge in [0.15, 0.2) is 11.1 Å². The second kappa shape index (κ2) is 7.48. The Hall–Kier alpha value is -0.0500. The lowest BCUT2D eigenvalue weighted by Gasteiger charge is -2.51. The van der Waals surface area contributed by atoms with Crippen LogP contribution in [0.15, 0.2) is 0 Å². The highest BCUT2D eigenvalue weighted by atomic mass is 32.2. The van der Waals surface area contributed by atoms with Crippen molar-refractivity contribution < 1.29 is 18.7 Å². The van der Waals surface area contributed by atoms with E-state index in [1.54, 1.807) is 0 Å². The van der Waals surface area contributed by atoms with Crippen molar-refractivity contribution in [2.45, 2.75) is 70.2 Å². The SMILES string of the molecule is COS(=O)CCC(O)CNC1CC(C)(C)N(O)C(C)(C)C1. The van der Waals surface area contributed by atoms with Gasteiger partial charge in [-0.2, -0.15) is 5.06 Å². The van der Waals surface area contributed by atoms with Gasteiger partial charge >= 0.3 is 0 Å². The van der Waals surface area contributed by atoms with Gasteiger partial charge in [0.05, 0.1) is 19.0 Å². The highest BCUT2D eigenvalue weighted by molar-refractivity contribution is 7.80. The second-order valence-electron chi connectivity index (χ2n) is 7.07. The molecule has 7 heteroatoms. The number of hydroxylamine groups is 2. The number of piperidine rings is 1. The first kappa shape index (κ1) is 19.0. The third-order valence-electron chi connectivity index (χ3n) is 4.08. The van der Waals surface area contributed by atoms with Gasteiger partial charge < -0.3 is 15.6 Å². The fourth-order valence-electron chi connectivity index (χ4n) is 3.14. The molecule has 0 aromatic carbocycles. The predicted octanol–water partition coefficient (Wildman–Crippen LogP) is 1.05. The molecule has 0 bridgehead atoms. The molecular formula is C14H30N2O4S. The Bertz CT molecular complexity index is 345. The molecule has 0 aromatic rings. The lowest BCUT2D eigenvalue weighted by atomic mass is 9.79. The van der Waals surface area contributed by atoms with Crippen molar-refractivity contribution in [3.8, 4) is 0 Å².